The fraction of sp³-hybridized carbons (Fsp3) is 0. The summed E-state index contributed by atoms with van der Waals surface area (Å²) >= 11 is 0. The van der Waals surface area contributed by atoms with E-state index in [4.69, 9.17) is 5.73 Å². The number of hydrogen-bond acceptors (Lipinski definition) is 6. The van der Waals surface area contributed by atoms with E-state index in [2.05, 4.69) is 0 Å². The molecule has 0 aromatic rings. The van der Waals surface area contributed by atoms with Crippen molar-refractivity contribution >= 4 is 18.2 Å². The highest BCUT2D eigenvalue weighted by Crippen LogP contribution is 1.98. The number of carboxylic acids is 2. The van der Waals surface area contributed by atoms with Gasteiger partial charge in [0.05, 0.1) is 17.6 Å². The maximum atomic E-state index is 10.2. The van der Waals surface area contributed by atoms with E-state index < -0.39 is 23.2 Å². The molecule has 0 aromatic heterocycles. The van der Waals surface area contributed by atoms with Gasteiger partial charge >= 0.3 is 0 Å². The van der Waals surface area contributed by atoms with Gasteiger partial charge in [0, 0.05) is 5.57 Å². The third-order valence-electron chi connectivity index (χ3n) is 1.07. The van der Waals surface area contributed by atoms with Crippen molar-refractivity contribution in [3.63, 3.8) is 0 Å². The number of aldehydes is 1. The highest BCUT2D eigenvalue weighted by molar-refractivity contribution is 5.99. The van der Waals surface area contributed by atoms with Gasteiger partial charge in [0.1, 0.15) is 6.29 Å². The molecule has 6 heteroatoms. The lowest BCUT2D eigenvalue weighted by Gasteiger charge is -2.09. The zero-order chi connectivity index (χ0) is 10.4. The van der Waals surface area contributed by atoms with Crippen LogP contribution in [0, 0.1) is 0 Å². The van der Waals surface area contributed by atoms with Crippen molar-refractivity contribution in [1.82, 2.24) is 0 Å². The van der Waals surface area contributed by atoms with Crippen LogP contribution in [-0.2, 0) is 14.4 Å². The highest BCUT2D eigenvalue weighted by Gasteiger charge is 2.01. The Kier molecular flexibility index (Phi) is 3.94. The molecule has 0 radical (unpaired) electrons. The van der Waals surface area contributed by atoms with Gasteiger partial charge in [-0.3, -0.25) is 4.79 Å². The lowest BCUT2D eigenvalue weighted by Crippen LogP contribution is -2.34. The molecule has 0 fully saturated rings. The second kappa shape index (κ2) is 4.70. The van der Waals surface area contributed by atoms with Gasteiger partial charge < -0.3 is 25.5 Å². The molecule has 6 nitrogen and oxygen atoms in total. The number of rotatable bonds is 4. The quantitative estimate of drug-likeness (QED) is 0.273. The second-order valence-corrected chi connectivity index (χ2v) is 1.90. The normalized spacial score (nSPS) is 12.3. The molecule has 0 saturated heterocycles. The van der Waals surface area contributed by atoms with E-state index in [1.165, 1.54) is 0 Å². The minimum absolute atomic E-state index is 0.269. The van der Waals surface area contributed by atoms with Crippen molar-refractivity contribution < 1.29 is 24.6 Å². The van der Waals surface area contributed by atoms with Crippen molar-refractivity contribution in [3.05, 3.63) is 23.4 Å². The fourth-order valence-corrected chi connectivity index (χ4v) is 0.513. The van der Waals surface area contributed by atoms with Gasteiger partial charge in [-0.05, 0) is 12.2 Å². The molecule has 0 aliphatic carbocycles. The molecule has 13 heavy (non-hydrogen) atoms. The second-order valence-electron chi connectivity index (χ2n) is 1.90. The number of hydrogen-bond donors (Lipinski definition) is 1. The van der Waals surface area contributed by atoms with Gasteiger partial charge in [-0.25, -0.2) is 0 Å². The Bertz CT molecular complexity index is 302. The molecule has 0 aliphatic rings. The molecule has 0 unspecified atom stereocenters. The van der Waals surface area contributed by atoms with Crippen LogP contribution in [0.3, 0.4) is 0 Å². The number of aliphatic carboxylic acids is 2. The van der Waals surface area contributed by atoms with E-state index in [1.807, 2.05) is 0 Å². The van der Waals surface area contributed by atoms with Crippen molar-refractivity contribution in [2.24, 2.45) is 5.73 Å². The van der Waals surface area contributed by atoms with E-state index in [9.17, 15) is 24.6 Å². The van der Waals surface area contributed by atoms with Crippen LogP contribution in [0.2, 0.25) is 0 Å². The first-order chi connectivity index (χ1) is 6.00. The van der Waals surface area contributed by atoms with Crippen LogP contribution >= 0.6 is 0 Å². The third kappa shape index (κ3) is 3.19. The standard InChI is InChI=1S/C7H7NO5/c8-5(7(12)13)4(6(10)11)2-1-3-9/h1-3H,8H2,(H,10,11)(H,12,13)/p-2/b2-1+,5-4-. The average Bonchev–Trinajstić information content (AvgIpc) is 2.04. The lowest BCUT2D eigenvalue weighted by molar-refractivity contribution is -0.303. The number of allylic oxidation sites excluding steroid dienone is 1. The van der Waals surface area contributed by atoms with Crippen LogP contribution < -0.4 is 15.9 Å². The molecule has 0 saturated carbocycles. The van der Waals surface area contributed by atoms with Gasteiger partial charge in [-0.2, -0.15) is 0 Å². The Morgan fingerprint density at radius 3 is 2.00 bits per heavy atom. The third-order valence-corrected chi connectivity index (χ3v) is 1.07. The van der Waals surface area contributed by atoms with Crippen molar-refractivity contribution in [3.8, 4) is 0 Å². The van der Waals surface area contributed by atoms with E-state index in [1.54, 1.807) is 0 Å². The van der Waals surface area contributed by atoms with Crippen LogP contribution in [0.15, 0.2) is 23.4 Å². The summed E-state index contributed by atoms with van der Waals surface area (Å²) < 4.78 is 0. The largest absolute Gasteiger partial charge is 0.545 e. The first-order valence-electron chi connectivity index (χ1n) is 3.05. The van der Waals surface area contributed by atoms with E-state index in [0.29, 0.717) is 6.08 Å². The number of carboxylic acid groups (broad SMARTS) is 2. The van der Waals surface area contributed by atoms with Gasteiger partial charge in [0.15, 0.2) is 0 Å². The molecule has 0 bridgehead atoms. The van der Waals surface area contributed by atoms with Crippen LogP contribution in [0.5, 0.6) is 0 Å². The fourth-order valence-electron chi connectivity index (χ4n) is 0.513. The molecular formula is C7H5NO5-2. The van der Waals surface area contributed by atoms with Gasteiger partial charge in [-0.15, -0.1) is 0 Å². The minimum Gasteiger partial charge on any atom is -0.545 e. The summed E-state index contributed by atoms with van der Waals surface area (Å²) in [5, 5.41) is 20.3. The molecule has 0 aliphatic heterocycles. The van der Waals surface area contributed by atoms with Crippen LogP contribution in [0.1, 0.15) is 0 Å². The predicted octanol–water partition coefficient (Wildman–Crippen LogP) is -3.55. The monoisotopic (exact) mass is 183 g/mol. The Morgan fingerprint density at radius 2 is 1.69 bits per heavy atom. The number of carbonyl (C=O) groups excluding carboxylic acids is 3. The Hall–Kier alpha value is -2.11. The van der Waals surface area contributed by atoms with E-state index in [0.717, 1.165) is 6.08 Å². The molecule has 0 spiro atoms. The first kappa shape index (κ1) is 10.9. The van der Waals surface area contributed by atoms with Crippen LogP contribution in [-0.4, -0.2) is 18.2 Å². The van der Waals surface area contributed by atoms with E-state index in [-0.39, 0.29) is 6.29 Å². The molecule has 70 valence electrons. The summed E-state index contributed by atoms with van der Waals surface area (Å²) in [4.78, 5) is 30.1. The van der Waals surface area contributed by atoms with E-state index >= 15 is 0 Å². The smallest absolute Gasteiger partial charge is 0.142 e. The summed E-state index contributed by atoms with van der Waals surface area (Å²) in [6.45, 7) is 0. The minimum atomic E-state index is -1.84. The van der Waals surface area contributed by atoms with Crippen molar-refractivity contribution in [2.75, 3.05) is 0 Å². The molecule has 0 aromatic carbocycles. The topological polar surface area (TPSA) is 123 Å². The summed E-state index contributed by atoms with van der Waals surface area (Å²) in [7, 11) is 0. The average molecular weight is 183 g/mol. The highest BCUT2D eigenvalue weighted by atomic mass is 16.4. The lowest BCUT2D eigenvalue weighted by atomic mass is 10.2. The summed E-state index contributed by atoms with van der Waals surface area (Å²) in [5.41, 5.74) is 3.05. The maximum Gasteiger partial charge on any atom is 0.142 e. The Balaban J connectivity index is 5.11. The molecule has 0 rings (SSSR count). The summed E-state index contributed by atoms with van der Waals surface area (Å²) in [5.74, 6) is -3.63. The Morgan fingerprint density at radius 1 is 1.15 bits per heavy atom. The van der Waals surface area contributed by atoms with Gasteiger partial charge in [0.25, 0.3) is 0 Å². The zero-order valence-electron chi connectivity index (χ0n) is 6.35. The molecule has 2 N–H and O–H groups in total. The van der Waals surface area contributed by atoms with Gasteiger partial charge in [0.2, 0.25) is 0 Å². The van der Waals surface area contributed by atoms with Gasteiger partial charge in [-0.1, -0.05) is 0 Å². The summed E-state index contributed by atoms with van der Waals surface area (Å²) in [6.07, 6.45) is 1.76. The SMILES string of the molecule is N/C(C(=O)[O-])=C(/C=C/C=O)C(=O)[O-]. The Labute approximate surface area is 73.0 Å². The molecule has 0 atom stereocenters. The molecular weight excluding hydrogens is 178 g/mol. The molecule has 0 amide bonds. The summed E-state index contributed by atoms with van der Waals surface area (Å²) in [6, 6.07) is 0. The predicted molar refractivity (Wildman–Crippen MR) is 36.4 cm³/mol. The van der Waals surface area contributed by atoms with Crippen molar-refractivity contribution in [1.29, 1.82) is 0 Å². The number of carbonyl (C=O) groups is 3. The zero-order valence-corrected chi connectivity index (χ0v) is 6.35. The van der Waals surface area contributed by atoms with Crippen molar-refractivity contribution in [2.45, 2.75) is 0 Å². The number of nitrogens with two attached hydrogens (primary N) is 1. The van der Waals surface area contributed by atoms with Crippen LogP contribution in [0.25, 0.3) is 0 Å². The first-order valence-corrected chi connectivity index (χ1v) is 3.05. The van der Waals surface area contributed by atoms with Crippen LogP contribution in [0.4, 0.5) is 0 Å². The molecule has 0 heterocycles. The maximum absolute atomic E-state index is 10.2.